The number of thiophene rings is 1. The highest BCUT2D eigenvalue weighted by molar-refractivity contribution is 7.20. The number of rotatable bonds is 4. The molecule has 0 spiro atoms. The average Bonchev–Trinajstić information content (AvgIpc) is 2.86. The predicted molar refractivity (Wildman–Crippen MR) is 86.9 cm³/mol. The number of hydrogen-bond acceptors (Lipinski definition) is 6. The minimum Gasteiger partial charge on any atom is -0.505 e. The van der Waals surface area contributed by atoms with Crippen LogP contribution in [0.3, 0.4) is 0 Å². The van der Waals surface area contributed by atoms with Crippen LogP contribution in [0.4, 0.5) is 5.69 Å². The van der Waals surface area contributed by atoms with Crippen molar-refractivity contribution in [3.63, 3.8) is 0 Å². The number of aliphatic hydroxyl groups is 1. The summed E-state index contributed by atoms with van der Waals surface area (Å²) < 4.78 is 5.21. The molecule has 0 bridgehead atoms. The van der Waals surface area contributed by atoms with Crippen molar-refractivity contribution in [2.24, 2.45) is 10.2 Å². The number of ether oxygens (including phenoxy) is 1. The van der Waals surface area contributed by atoms with Gasteiger partial charge in [0.15, 0.2) is 5.76 Å². The molecule has 0 fully saturated rings. The number of benzene rings is 1. The van der Waals surface area contributed by atoms with Gasteiger partial charge in [-0.15, -0.1) is 16.5 Å². The Bertz CT molecular complexity index is 742. The van der Waals surface area contributed by atoms with Crippen LogP contribution in [0, 0.1) is 0 Å². The first-order valence-corrected chi connectivity index (χ1v) is 7.53. The van der Waals surface area contributed by atoms with E-state index in [-0.39, 0.29) is 15.6 Å². The molecule has 0 radical (unpaired) electrons. The standard InChI is InChI=1S/C14H10Cl2N2O3S/c1-21-14(20)11(18-17-8-5-3-2-4-6-8)12(19)9-7-10(15)22-13(9)16/h2-7,19H,1H3/b12-11-,18-17?. The topological polar surface area (TPSA) is 71.2 Å². The Morgan fingerprint density at radius 2 is 1.95 bits per heavy atom. The molecule has 0 aliphatic heterocycles. The fraction of sp³-hybridized carbons (Fsp3) is 0.0714. The van der Waals surface area contributed by atoms with E-state index < -0.39 is 11.7 Å². The summed E-state index contributed by atoms with van der Waals surface area (Å²) in [6.07, 6.45) is 0. The number of hydrogen-bond donors (Lipinski definition) is 1. The SMILES string of the molecule is COC(=O)/C(N=Nc1ccccc1)=C(/O)c1cc(Cl)sc1Cl. The predicted octanol–water partition coefficient (Wildman–Crippen LogP) is 5.24. The summed E-state index contributed by atoms with van der Waals surface area (Å²) in [5.41, 5.74) is 0.359. The van der Waals surface area contributed by atoms with E-state index in [0.29, 0.717) is 10.0 Å². The maximum absolute atomic E-state index is 11.8. The van der Waals surface area contributed by atoms with Gasteiger partial charge in [0.05, 0.1) is 22.7 Å². The van der Waals surface area contributed by atoms with Crippen LogP contribution in [0.1, 0.15) is 5.56 Å². The van der Waals surface area contributed by atoms with Crippen LogP contribution in [-0.4, -0.2) is 18.2 Å². The Hall–Kier alpha value is -1.89. The number of carbonyl (C=O) groups is 1. The van der Waals surface area contributed by atoms with Crippen molar-refractivity contribution in [1.29, 1.82) is 0 Å². The van der Waals surface area contributed by atoms with Crippen molar-refractivity contribution < 1.29 is 14.6 Å². The molecule has 0 aliphatic rings. The monoisotopic (exact) mass is 356 g/mol. The lowest BCUT2D eigenvalue weighted by Crippen LogP contribution is -2.05. The third-order valence-electron chi connectivity index (χ3n) is 2.54. The first kappa shape index (κ1) is 16.5. The Labute approximate surface area is 140 Å². The summed E-state index contributed by atoms with van der Waals surface area (Å²) in [7, 11) is 1.18. The largest absolute Gasteiger partial charge is 0.505 e. The first-order valence-electron chi connectivity index (χ1n) is 5.96. The molecular formula is C14H10Cl2N2O3S. The van der Waals surface area contributed by atoms with Gasteiger partial charge in [0.1, 0.15) is 4.34 Å². The number of azo groups is 1. The normalized spacial score (nSPS) is 12.3. The lowest BCUT2D eigenvalue weighted by Gasteiger charge is -2.03. The number of aliphatic hydroxyl groups excluding tert-OH is 1. The smallest absolute Gasteiger partial charge is 0.362 e. The number of halogens is 2. The van der Waals surface area contributed by atoms with Gasteiger partial charge >= 0.3 is 5.97 Å². The summed E-state index contributed by atoms with van der Waals surface area (Å²) in [6, 6.07) is 10.2. The fourth-order valence-corrected chi connectivity index (χ4v) is 2.98. The molecule has 0 amide bonds. The zero-order valence-electron chi connectivity index (χ0n) is 11.3. The highest BCUT2D eigenvalue weighted by Gasteiger charge is 2.21. The minimum absolute atomic E-state index is 0.198. The molecule has 1 aromatic heterocycles. The second-order valence-corrected chi connectivity index (χ2v) is 6.25. The molecule has 0 atom stereocenters. The number of carbonyl (C=O) groups excluding carboxylic acids is 1. The second kappa shape index (κ2) is 7.40. The summed E-state index contributed by atoms with van der Waals surface area (Å²) in [6.45, 7) is 0. The van der Waals surface area contributed by atoms with Crippen LogP contribution >= 0.6 is 34.5 Å². The first-order chi connectivity index (χ1) is 10.5. The molecule has 1 heterocycles. The van der Waals surface area contributed by atoms with E-state index >= 15 is 0 Å². The van der Waals surface area contributed by atoms with Crippen LogP contribution < -0.4 is 0 Å². The molecular weight excluding hydrogens is 347 g/mol. The molecule has 1 aromatic carbocycles. The van der Waals surface area contributed by atoms with Gasteiger partial charge < -0.3 is 9.84 Å². The summed E-state index contributed by atoms with van der Waals surface area (Å²) in [5.74, 6) is -1.28. The minimum atomic E-state index is -0.837. The molecule has 1 N–H and O–H groups in total. The number of methoxy groups -OCH3 is 1. The van der Waals surface area contributed by atoms with E-state index in [2.05, 4.69) is 15.0 Å². The lowest BCUT2D eigenvalue weighted by atomic mass is 10.2. The summed E-state index contributed by atoms with van der Waals surface area (Å²) in [4.78, 5) is 11.8. The lowest BCUT2D eigenvalue weighted by molar-refractivity contribution is -0.136. The van der Waals surface area contributed by atoms with Gasteiger partial charge in [-0.3, -0.25) is 0 Å². The Morgan fingerprint density at radius 1 is 1.27 bits per heavy atom. The quantitative estimate of drug-likeness (QED) is 0.352. The molecule has 0 saturated heterocycles. The van der Waals surface area contributed by atoms with Gasteiger partial charge in [-0.1, -0.05) is 41.4 Å². The second-order valence-electron chi connectivity index (χ2n) is 3.96. The van der Waals surface area contributed by atoms with Crippen molar-refractivity contribution in [1.82, 2.24) is 0 Å². The number of esters is 1. The van der Waals surface area contributed by atoms with Crippen LogP contribution in [0.25, 0.3) is 5.76 Å². The van der Waals surface area contributed by atoms with E-state index in [9.17, 15) is 9.90 Å². The molecule has 114 valence electrons. The van der Waals surface area contributed by atoms with Gasteiger partial charge in [-0.05, 0) is 18.2 Å². The maximum atomic E-state index is 11.8. The van der Waals surface area contributed by atoms with Crippen LogP contribution in [-0.2, 0) is 9.53 Å². The molecule has 22 heavy (non-hydrogen) atoms. The third-order valence-corrected chi connectivity index (χ3v) is 4.02. The summed E-state index contributed by atoms with van der Waals surface area (Å²) >= 11 is 12.9. The Morgan fingerprint density at radius 3 is 2.50 bits per heavy atom. The van der Waals surface area contributed by atoms with Crippen molar-refractivity contribution in [2.75, 3.05) is 7.11 Å². The molecule has 0 unspecified atom stereocenters. The molecule has 2 aromatic rings. The molecule has 8 heteroatoms. The van der Waals surface area contributed by atoms with Gasteiger partial charge in [0, 0.05) is 0 Å². The van der Waals surface area contributed by atoms with E-state index in [1.807, 2.05) is 6.07 Å². The van der Waals surface area contributed by atoms with Crippen LogP contribution in [0.2, 0.25) is 8.67 Å². The van der Waals surface area contributed by atoms with Crippen molar-refractivity contribution in [3.05, 3.63) is 56.3 Å². The van der Waals surface area contributed by atoms with Gasteiger partial charge in [0.2, 0.25) is 5.70 Å². The summed E-state index contributed by atoms with van der Waals surface area (Å²) in [5, 5.41) is 17.9. The van der Waals surface area contributed by atoms with Crippen LogP contribution in [0.5, 0.6) is 0 Å². The molecule has 0 aliphatic carbocycles. The van der Waals surface area contributed by atoms with Gasteiger partial charge in [-0.2, -0.15) is 5.11 Å². The fourth-order valence-electron chi connectivity index (χ4n) is 1.51. The van der Waals surface area contributed by atoms with Gasteiger partial charge in [-0.25, -0.2) is 4.79 Å². The van der Waals surface area contributed by atoms with E-state index in [1.165, 1.54) is 13.2 Å². The highest BCUT2D eigenvalue weighted by Crippen LogP contribution is 2.36. The van der Waals surface area contributed by atoms with E-state index in [1.54, 1.807) is 24.3 Å². The Kier molecular flexibility index (Phi) is 5.54. The molecule has 0 saturated carbocycles. The van der Waals surface area contributed by atoms with E-state index in [0.717, 1.165) is 11.3 Å². The van der Waals surface area contributed by atoms with E-state index in [4.69, 9.17) is 23.2 Å². The third kappa shape index (κ3) is 3.85. The zero-order valence-corrected chi connectivity index (χ0v) is 13.6. The zero-order chi connectivity index (χ0) is 16.1. The van der Waals surface area contributed by atoms with Crippen LogP contribution in [0.15, 0.2) is 52.3 Å². The molecule has 2 rings (SSSR count). The molecule has 5 nitrogen and oxygen atoms in total. The maximum Gasteiger partial charge on any atom is 0.362 e. The Balaban J connectivity index is 2.46. The highest BCUT2D eigenvalue weighted by atomic mass is 35.5. The van der Waals surface area contributed by atoms with Crippen molar-refractivity contribution >= 4 is 52.0 Å². The van der Waals surface area contributed by atoms with Crippen molar-refractivity contribution in [3.8, 4) is 0 Å². The number of nitrogens with zero attached hydrogens (tertiary/aromatic N) is 2. The average molecular weight is 357 g/mol. The van der Waals surface area contributed by atoms with Gasteiger partial charge in [0.25, 0.3) is 0 Å². The van der Waals surface area contributed by atoms with Crippen molar-refractivity contribution in [2.45, 2.75) is 0 Å².